The fourth-order valence-corrected chi connectivity index (χ4v) is 10.6. The van der Waals surface area contributed by atoms with Crippen molar-refractivity contribution in [3.63, 3.8) is 0 Å². The third kappa shape index (κ3) is 11.1. The van der Waals surface area contributed by atoms with E-state index >= 15 is 0 Å². The molecule has 0 saturated carbocycles. The average molecular weight is 884 g/mol. The summed E-state index contributed by atoms with van der Waals surface area (Å²) in [7, 11) is -4.09. The second-order valence-corrected chi connectivity index (χ2v) is 19.2. The molecule has 5 N–H and O–H groups in total. The maximum Gasteiger partial charge on any atom is 0.315 e. The maximum absolute atomic E-state index is 14.8. The molecule has 2 aliphatic rings. The van der Waals surface area contributed by atoms with Gasteiger partial charge in [0.1, 0.15) is 11.4 Å². The van der Waals surface area contributed by atoms with Gasteiger partial charge >= 0.3 is 6.03 Å². The molecule has 0 aliphatic carbocycles. The number of carbonyl (C=O) groups excluding carboxylic acids is 2. The first-order valence-corrected chi connectivity index (χ1v) is 23.6. The molecule has 13 heteroatoms. The zero-order valence-corrected chi connectivity index (χ0v) is 38.3. The van der Waals surface area contributed by atoms with Crippen molar-refractivity contribution < 1.29 is 22.7 Å². The van der Waals surface area contributed by atoms with E-state index in [4.69, 9.17) is 10.5 Å². The Morgan fingerprint density at radius 2 is 1.38 bits per heavy atom. The van der Waals surface area contributed by atoms with E-state index in [1.165, 1.54) is 0 Å². The molecule has 64 heavy (non-hydrogen) atoms. The Morgan fingerprint density at radius 1 is 0.812 bits per heavy atom. The fourth-order valence-electron chi connectivity index (χ4n) is 9.12. The van der Waals surface area contributed by atoms with E-state index < -0.39 is 27.7 Å². The van der Waals surface area contributed by atoms with E-state index in [1.54, 1.807) is 6.92 Å². The highest BCUT2D eigenvalue weighted by molar-refractivity contribution is 7.90. The van der Waals surface area contributed by atoms with Crippen molar-refractivity contribution in [2.45, 2.75) is 109 Å². The van der Waals surface area contributed by atoms with Gasteiger partial charge in [-0.1, -0.05) is 121 Å². The average Bonchev–Trinajstić information content (AvgIpc) is 3.62. The topological polar surface area (TPSA) is 158 Å². The van der Waals surface area contributed by atoms with Crippen LogP contribution in [0.5, 0.6) is 5.75 Å². The van der Waals surface area contributed by atoms with E-state index in [9.17, 15) is 18.0 Å². The molecular weight excluding hydrogens is 823 g/mol. The summed E-state index contributed by atoms with van der Waals surface area (Å²) in [5.41, 5.74) is 12.9. The van der Waals surface area contributed by atoms with Crippen LogP contribution in [0.15, 0.2) is 131 Å². The van der Waals surface area contributed by atoms with Crippen molar-refractivity contribution in [1.82, 2.24) is 25.2 Å². The van der Waals surface area contributed by atoms with Gasteiger partial charge in [-0.3, -0.25) is 14.7 Å². The predicted octanol–water partition coefficient (Wildman–Crippen LogP) is 7.09. The van der Waals surface area contributed by atoms with Crippen LogP contribution in [0.4, 0.5) is 4.79 Å². The van der Waals surface area contributed by atoms with Crippen LogP contribution in [0, 0.1) is 20.8 Å². The number of hydrogen-bond acceptors (Lipinski definition) is 7. The molecule has 336 valence electrons. The molecule has 0 bridgehead atoms. The zero-order chi connectivity index (χ0) is 45.4. The van der Waals surface area contributed by atoms with E-state index in [2.05, 4.69) is 49.5 Å². The highest BCUT2D eigenvalue weighted by Crippen LogP contribution is 2.43. The Bertz CT molecular complexity index is 2540. The van der Waals surface area contributed by atoms with Gasteiger partial charge in [0.15, 0.2) is 0 Å². The zero-order valence-electron chi connectivity index (χ0n) is 37.5. The lowest BCUT2D eigenvalue weighted by atomic mass is 9.91. The smallest absolute Gasteiger partial charge is 0.315 e. The first-order chi connectivity index (χ1) is 30.7. The van der Waals surface area contributed by atoms with Gasteiger partial charge in [0, 0.05) is 50.7 Å². The number of aliphatic imine (C=N–C) groups is 1. The molecule has 2 aliphatic heterocycles. The summed E-state index contributed by atoms with van der Waals surface area (Å²) in [5.74, 6) is 0.504. The number of nitrogens with one attached hydrogen (secondary N) is 3. The Labute approximate surface area is 378 Å². The Morgan fingerprint density at radius 3 is 1.98 bits per heavy atom. The fraction of sp³-hybridized carbons (Fsp3) is 0.353. The van der Waals surface area contributed by atoms with Crippen LogP contribution in [0.1, 0.15) is 71.2 Å². The highest BCUT2D eigenvalue weighted by Gasteiger charge is 2.44. The van der Waals surface area contributed by atoms with E-state index in [1.807, 2.05) is 130 Å². The van der Waals surface area contributed by atoms with Gasteiger partial charge in [0.25, 0.3) is 10.0 Å². The highest BCUT2D eigenvalue weighted by atomic mass is 32.2. The molecule has 12 nitrogen and oxygen atoms in total. The number of piperazine rings is 1. The van der Waals surface area contributed by atoms with Crippen molar-refractivity contribution in [3.05, 3.63) is 166 Å². The molecule has 0 unspecified atom stereocenters. The minimum Gasteiger partial charge on any atom is -0.487 e. The molecule has 2 heterocycles. The van der Waals surface area contributed by atoms with Gasteiger partial charge in [0.05, 0.1) is 17.0 Å². The van der Waals surface area contributed by atoms with E-state index in [-0.39, 0.29) is 35.4 Å². The Balaban J connectivity index is 1.16. The third-order valence-corrected chi connectivity index (χ3v) is 14.0. The number of guanidine groups is 1. The lowest BCUT2D eigenvalue weighted by Gasteiger charge is -2.49. The molecule has 7 rings (SSSR count). The quantitative estimate of drug-likeness (QED) is 0.0468. The largest absolute Gasteiger partial charge is 0.487 e. The number of fused-ring (bicyclic) bond motifs is 1. The predicted molar refractivity (Wildman–Crippen MR) is 252 cm³/mol. The van der Waals surface area contributed by atoms with Crippen LogP contribution in [-0.2, 0) is 47.3 Å². The van der Waals surface area contributed by atoms with Crippen LogP contribution in [0.3, 0.4) is 0 Å². The molecule has 1 fully saturated rings. The molecule has 0 aromatic heterocycles. The van der Waals surface area contributed by atoms with Gasteiger partial charge in [-0.05, 0) is 92.8 Å². The number of urea groups is 1. The number of nitrogens with zero attached hydrogens (tertiary/aromatic N) is 3. The number of amides is 3. The second kappa shape index (κ2) is 20.1. The number of ether oxygens (including phenoxy) is 1. The molecule has 0 radical (unpaired) electrons. The lowest BCUT2D eigenvalue weighted by molar-refractivity contribution is -0.148. The molecule has 1 saturated heterocycles. The first kappa shape index (κ1) is 45.8. The Kier molecular flexibility index (Phi) is 14.4. The van der Waals surface area contributed by atoms with E-state index in [0.717, 1.165) is 39.1 Å². The van der Waals surface area contributed by atoms with Crippen molar-refractivity contribution in [3.8, 4) is 5.75 Å². The van der Waals surface area contributed by atoms with Crippen LogP contribution < -0.4 is 25.8 Å². The first-order valence-electron chi connectivity index (χ1n) is 22.1. The lowest BCUT2D eigenvalue weighted by Crippen LogP contribution is -2.67. The number of sulfonamides is 1. The summed E-state index contributed by atoms with van der Waals surface area (Å²) >= 11 is 0. The summed E-state index contributed by atoms with van der Waals surface area (Å²) in [6, 6.07) is 38.3. The molecule has 3 amide bonds. The summed E-state index contributed by atoms with van der Waals surface area (Å²) in [6.45, 7) is 11.3. The maximum atomic E-state index is 14.8. The number of carbonyl (C=O) groups is 2. The number of hydrogen-bond donors (Lipinski definition) is 4. The normalized spacial score (nSPS) is 17.9. The third-order valence-electron chi connectivity index (χ3n) is 12.3. The summed E-state index contributed by atoms with van der Waals surface area (Å²) in [6.07, 6.45) is 1.97. The number of benzene rings is 5. The summed E-state index contributed by atoms with van der Waals surface area (Å²) in [5, 5.41) is 6.41. The van der Waals surface area contributed by atoms with Gasteiger partial charge in [-0.2, -0.15) is 0 Å². The van der Waals surface area contributed by atoms with Crippen LogP contribution >= 0.6 is 0 Å². The van der Waals surface area contributed by atoms with Crippen LogP contribution in [0.2, 0.25) is 0 Å². The molecule has 5 aromatic rings. The van der Waals surface area contributed by atoms with Crippen LogP contribution in [-0.4, -0.2) is 72.9 Å². The van der Waals surface area contributed by atoms with Gasteiger partial charge < -0.3 is 26.0 Å². The van der Waals surface area contributed by atoms with E-state index in [0.29, 0.717) is 63.0 Å². The monoisotopic (exact) mass is 883 g/mol. The van der Waals surface area contributed by atoms with Crippen molar-refractivity contribution >= 4 is 27.9 Å². The molecule has 3 atom stereocenters. The second-order valence-electron chi connectivity index (χ2n) is 17.6. The molecular formula is C51H61N7O5S. The van der Waals surface area contributed by atoms with Crippen LogP contribution in [0.25, 0.3) is 0 Å². The van der Waals surface area contributed by atoms with Crippen molar-refractivity contribution in [1.29, 1.82) is 0 Å². The molecule has 0 spiro atoms. The number of nitrogens with two attached hydrogens (primary N) is 1. The minimum atomic E-state index is -4.09. The SMILES string of the molecule is Cc1c(C)c(S(=O)(=O)NC(N)=NCCC[C@H]2C(=O)N(Cc3ccccc3)C[C@H]([C@H](Cc3ccccc3)NC(=O)NCc3ccccc3)N2Cc2ccccc2)c(C)c2c1OC(C)(C)C2. The summed E-state index contributed by atoms with van der Waals surface area (Å²) in [4.78, 5) is 37.5. The molecule has 5 aromatic carbocycles. The Hall–Kier alpha value is -6.18. The number of rotatable bonds is 16. The standard InChI is InChI=1S/C51H61N7O5S/c1-35-36(2)47(37(3)42-30-51(4,5)63-46(35)42)64(61,62)56-49(52)53-28-18-27-44-48(59)57(32-40-23-14-8-15-24-40)34-45(58(44)33-41-25-16-9-17-26-41)43(29-38-19-10-6-11-20-38)55-50(60)54-31-39-21-12-7-13-22-39/h6-17,19-26,43-45H,18,27-34H2,1-5H3,(H3,52,53,56)(H2,54,55,60)/t43-,44-,45+/m0/s1. The van der Waals surface area contributed by atoms with Gasteiger partial charge in [-0.25, -0.2) is 17.9 Å². The van der Waals surface area contributed by atoms with Gasteiger partial charge in [0.2, 0.25) is 11.9 Å². The minimum absolute atomic E-state index is 0.0224. The van der Waals surface area contributed by atoms with Gasteiger partial charge in [-0.15, -0.1) is 0 Å². The van der Waals surface area contributed by atoms with Crippen molar-refractivity contribution in [2.24, 2.45) is 10.7 Å². The van der Waals surface area contributed by atoms with Crippen molar-refractivity contribution in [2.75, 3.05) is 13.1 Å². The summed E-state index contributed by atoms with van der Waals surface area (Å²) < 4.78 is 36.6.